The van der Waals surface area contributed by atoms with Crippen LogP contribution in [-0.2, 0) is 0 Å². The summed E-state index contributed by atoms with van der Waals surface area (Å²) in [5, 5.41) is 1.61. The van der Waals surface area contributed by atoms with E-state index in [0.717, 1.165) is 0 Å². The minimum atomic E-state index is 1.32. The van der Waals surface area contributed by atoms with Gasteiger partial charge in [0.2, 0.25) is 0 Å². The van der Waals surface area contributed by atoms with Crippen LogP contribution in [0.15, 0.2) is 23.3 Å². The molecule has 0 aliphatic carbocycles. The molecular weight excluding hydrogens is 211 g/mol. The average Bonchev–Trinajstić information content (AvgIpc) is 2.80. The molecule has 1 heteroatoms. The third kappa shape index (κ3) is 7.23. The largest absolute Gasteiger partial charge is 0.0654 e. The van der Waals surface area contributed by atoms with E-state index in [1.807, 2.05) is 0 Å². The molecular formula is C15H26P. The van der Waals surface area contributed by atoms with Crippen molar-refractivity contribution in [3.8, 4) is 0 Å². The number of rotatable bonds is 10. The average molecular weight is 237 g/mol. The van der Waals surface area contributed by atoms with Crippen molar-refractivity contribution in [2.24, 2.45) is 0 Å². The fourth-order valence-corrected chi connectivity index (χ4v) is 2.92. The summed E-state index contributed by atoms with van der Waals surface area (Å²) in [6.45, 7) is 2.28. The van der Waals surface area contributed by atoms with Gasteiger partial charge in [-0.3, -0.25) is 0 Å². The molecule has 1 aliphatic heterocycles. The van der Waals surface area contributed by atoms with E-state index in [1.54, 1.807) is 5.31 Å². The molecule has 0 fully saturated rings. The molecule has 1 radical (unpaired) electrons. The van der Waals surface area contributed by atoms with Gasteiger partial charge in [-0.2, -0.15) is 0 Å². The monoisotopic (exact) mass is 237 g/mol. The molecule has 16 heavy (non-hydrogen) atoms. The molecule has 0 spiro atoms. The molecule has 0 saturated carbocycles. The Morgan fingerprint density at radius 1 is 0.875 bits per heavy atom. The second kappa shape index (κ2) is 10.1. The molecule has 1 aliphatic rings. The molecule has 0 aromatic heterocycles. The van der Waals surface area contributed by atoms with Gasteiger partial charge in [0.1, 0.15) is 0 Å². The zero-order valence-electron chi connectivity index (χ0n) is 10.8. The summed E-state index contributed by atoms with van der Waals surface area (Å²) in [6, 6.07) is 0. The van der Waals surface area contributed by atoms with Gasteiger partial charge in [0.05, 0.1) is 0 Å². The third-order valence-corrected chi connectivity index (χ3v) is 4.18. The summed E-state index contributed by atoms with van der Waals surface area (Å²) < 4.78 is 0. The van der Waals surface area contributed by atoms with Crippen molar-refractivity contribution in [2.45, 2.75) is 71.1 Å². The van der Waals surface area contributed by atoms with E-state index in [1.165, 1.54) is 72.8 Å². The lowest BCUT2D eigenvalue weighted by Gasteiger charge is -2.02. The molecule has 0 unspecified atom stereocenters. The maximum atomic E-state index is 2.28. The first kappa shape index (κ1) is 14.0. The number of hydrogen-bond acceptors (Lipinski definition) is 0. The zero-order valence-corrected chi connectivity index (χ0v) is 11.6. The molecule has 0 saturated heterocycles. The predicted octanol–water partition coefficient (Wildman–Crippen LogP) is 6.26. The lowest BCUT2D eigenvalue weighted by Crippen LogP contribution is -1.81. The second-order valence-corrected chi connectivity index (χ2v) is 5.84. The van der Waals surface area contributed by atoms with Crippen LogP contribution >= 0.6 is 8.58 Å². The van der Waals surface area contributed by atoms with E-state index in [-0.39, 0.29) is 0 Å². The van der Waals surface area contributed by atoms with Crippen molar-refractivity contribution >= 4 is 8.58 Å². The van der Waals surface area contributed by atoms with Crippen molar-refractivity contribution in [1.82, 2.24) is 0 Å². The molecule has 0 aromatic carbocycles. The Bertz CT molecular complexity index is 215. The quantitative estimate of drug-likeness (QED) is 0.310. The van der Waals surface area contributed by atoms with Crippen LogP contribution in [0.3, 0.4) is 0 Å². The highest BCUT2D eigenvalue weighted by atomic mass is 31.1. The van der Waals surface area contributed by atoms with Crippen LogP contribution in [-0.4, -0.2) is 0 Å². The van der Waals surface area contributed by atoms with Gasteiger partial charge in [0, 0.05) is 0 Å². The summed E-state index contributed by atoms with van der Waals surface area (Å²) in [4.78, 5) is 0. The Labute approximate surface area is 103 Å². The summed E-state index contributed by atoms with van der Waals surface area (Å²) in [7, 11) is 1.45. The summed E-state index contributed by atoms with van der Waals surface area (Å²) in [5.41, 5.74) is 0. The van der Waals surface area contributed by atoms with E-state index >= 15 is 0 Å². The van der Waals surface area contributed by atoms with E-state index in [4.69, 9.17) is 0 Å². The minimum absolute atomic E-state index is 1.32. The normalized spacial score (nSPS) is 15.9. The van der Waals surface area contributed by atoms with Crippen LogP contribution in [0.2, 0.25) is 0 Å². The van der Waals surface area contributed by atoms with Crippen molar-refractivity contribution in [1.29, 1.82) is 0 Å². The van der Waals surface area contributed by atoms with Crippen molar-refractivity contribution in [3.63, 3.8) is 0 Å². The van der Waals surface area contributed by atoms with Gasteiger partial charge in [-0.05, 0) is 26.7 Å². The fraction of sp³-hybridized carbons (Fsp3) is 0.733. The Morgan fingerprint density at radius 3 is 2.06 bits per heavy atom. The first-order valence-electron chi connectivity index (χ1n) is 7.00. The van der Waals surface area contributed by atoms with Crippen molar-refractivity contribution < 1.29 is 0 Å². The van der Waals surface area contributed by atoms with E-state index in [9.17, 15) is 0 Å². The van der Waals surface area contributed by atoms with Crippen LogP contribution in [0, 0.1) is 0 Å². The number of unbranched alkanes of at least 4 members (excludes halogenated alkanes) is 8. The highest BCUT2D eigenvalue weighted by molar-refractivity contribution is 7.47. The molecule has 0 nitrogen and oxygen atoms in total. The van der Waals surface area contributed by atoms with Crippen molar-refractivity contribution in [2.75, 3.05) is 0 Å². The molecule has 0 atom stereocenters. The maximum Gasteiger partial charge on any atom is -0.0225 e. The van der Waals surface area contributed by atoms with Gasteiger partial charge >= 0.3 is 0 Å². The Hall–Kier alpha value is -0.0900. The first-order chi connectivity index (χ1) is 7.93. The lowest BCUT2D eigenvalue weighted by atomic mass is 10.1. The molecule has 0 bridgehead atoms. The number of allylic oxidation sites excluding steroid dienone is 3. The van der Waals surface area contributed by atoms with Crippen LogP contribution < -0.4 is 0 Å². The molecule has 1 rings (SSSR count). The number of hydrogen-bond donors (Lipinski definition) is 0. The van der Waals surface area contributed by atoms with Gasteiger partial charge in [-0.25, -0.2) is 0 Å². The third-order valence-electron chi connectivity index (χ3n) is 3.15. The van der Waals surface area contributed by atoms with E-state index in [2.05, 4.69) is 24.9 Å². The fourth-order valence-electron chi connectivity index (χ4n) is 2.10. The van der Waals surface area contributed by atoms with Crippen LogP contribution in [0.4, 0.5) is 0 Å². The molecule has 0 N–H and O–H groups in total. The van der Waals surface area contributed by atoms with Gasteiger partial charge in [0.15, 0.2) is 0 Å². The van der Waals surface area contributed by atoms with Crippen molar-refractivity contribution in [3.05, 3.63) is 23.3 Å². The van der Waals surface area contributed by atoms with Gasteiger partial charge < -0.3 is 0 Å². The highest BCUT2D eigenvalue weighted by Gasteiger charge is 1.99. The smallest absolute Gasteiger partial charge is 0.0225 e. The summed E-state index contributed by atoms with van der Waals surface area (Å²) >= 11 is 0. The van der Waals surface area contributed by atoms with Gasteiger partial charge in [0.25, 0.3) is 0 Å². The molecule has 0 aromatic rings. The summed E-state index contributed by atoms with van der Waals surface area (Å²) in [6.07, 6.45) is 18.7. The molecule has 91 valence electrons. The van der Waals surface area contributed by atoms with Crippen LogP contribution in [0.5, 0.6) is 0 Å². The predicted molar refractivity (Wildman–Crippen MR) is 76.0 cm³/mol. The lowest BCUT2D eigenvalue weighted by molar-refractivity contribution is 0.566. The van der Waals surface area contributed by atoms with Crippen LogP contribution in [0.25, 0.3) is 0 Å². The van der Waals surface area contributed by atoms with E-state index in [0.29, 0.717) is 0 Å². The maximum absolute atomic E-state index is 2.28. The SMILES string of the molecule is CCCCCCCCCCCC1=CC=C[P]1. The Balaban J connectivity index is 1.75. The zero-order chi connectivity index (χ0) is 11.5. The molecule has 1 heterocycles. The first-order valence-corrected chi connectivity index (χ1v) is 7.96. The second-order valence-electron chi connectivity index (χ2n) is 4.71. The Kier molecular flexibility index (Phi) is 8.81. The summed E-state index contributed by atoms with van der Waals surface area (Å²) in [5.74, 6) is 2.24. The highest BCUT2D eigenvalue weighted by Crippen LogP contribution is 2.34. The van der Waals surface area contributed by atoms with Gasteiger partial charge in [-0.15, -0.1) is 0 Å². The van der Waals surface area contributed by atoms with Crippen LogP contribution in [0.1, 0.15) is 71.1 Å². The molecule has 0 amide bonds. The topological polar surface area (TPSA) is 0 Å². The minimum Gasteiger partial charge on any atom is -0.0654 e. The standard InChI is InChI=1S/C15H26P/c1-2-3-4-5-6-7-8-9-10-12-15-13-11-14-16-15/h11,13-14H,2-10,12H2,1H3. The Morgan fingerprint density at radius 2 is 1.50 bits per heavy atom. The van der Waals surface area contributed by atoms with E-state index < -0.39 is 0 Å². The van der Waals surface area contributed by atoms with Gasteiger partial charge in [-0.1, -0.05) is 76.3 Å².